The zero-order valence-corrected chi connectivity index (χ0v) is 9.71. The molecule has 0 saturated heterocycles. The lowest BCUT2D eigenvalue weighted by Crippen LogP contribution is -2.30. The second-order valence-electron chi connectivity index (χ2n) is 3.84. The summed E-state index contributed by atoms with van der Waals surface area (Å²) in [5, 5.41) is 13.9. The zero-order valence-electron chi connectivity index (χ0n) is 9.71. The molecule has 0 atom stereocenters. The Labute approximate surface area is 95.7 Å². The van der Waals surface area contributed by atoms with E-state index in [1.165, 1.54) is 16.7 Å². The fourth-order valence-corrected chi connectivity index (χ4v) is 1.47. The van der Waals surface area contributed by atoms with Gasteiger partial charge in [-0.15, -0.1) is 0 Å². The Balaban J connectivity index is 2.31. The molecule has 4 heteroatoms. The highest BCUT2D eigenvalue weighted by Crippen LogP contribution is 2.09. The van der Waals surface area contributed by atoms with Gasteiger partial charge in [-0.2, -0.15) is 0 Å². The smallest absolute Gasteiger partial charge is 0.404 e. The monoisotopic (exact) mass is 222 g/mol. The number of benzene rings is 1. The van der Waals surface area contributed by atoms with Gasteiger partial charge in [0, 0.05) is 19.6 Å². The van der Waals surface area contributed by atoms with Crippen LogP contribution in [0.4, 0.5) is 4.79 Å². The molecule has 0 radical (unpaired) electrons. The highest BCUT2D eigenvalue weighted by atomic mass is 16.4. The molecule has 0 unspecified atom stereocenters. The van der Waals surface area contributed by atoms with Crippen LogP contribution in [0, 0.1) is 13.8 Å². The van der Waals surface area contributed by atoms with E-state index in [2.05, 4.69) is 42.7 Å². The molecule has 0 heterocycles. The first kappa shape index (κ1) is 12.5. The number of aryl methyl sites for hydroxylation is 2. The number of rotatable bonds is 5. The van der Waals surface area contributed by atoms with Crippen LogP contribution in [0.2, 0.25) is 0 Å². The van der Waals surface area contributed by atoms with Crippen molar-refractivity contribution in [2.75, 3.05) is 13.1 Å². The number of nitrogens with one attached hydrogen (secondary N) is 2. The average Bonchev–Trinajstić information content (AvgIpc) is 2.22. The van der Waals surface area contributed by atoms with Crippen LogP contribution in [0.1, 0.15) is 16.7 Å². The van der Waals surface area contributed by atoms with Crippen molar-refractivity contribution >= 4 is 6.09 Å². The molecule has 0 bridgehead atoms. The van der Waals surface area contributed by atoms with Gasteiger partial charge in [0.1, 0.15) is 0 Å². The van der Waals surface area contributed by atoms with Crippen molar-refractivity contribution < 1.29 is 9.90 Å². The molecule has 88 valence electrons. The van der Waals surface area contributed by atoms with Crippen molar-refractivity contribution in [2.45, 2.75) is 20.4 Å². The average molecular weight is 222 g/mol. The van der Waals surface area contributed by atoms with Crippen LogP contribution >= 0.6 is 0 Å². The summed E-state index contributed by atoms with van der Waals surface area (Å²) in [5.74, 6) is 0. The van der Waals surface area contributed by atoms with Crippen LogP contribution < -0.4 is 10.6 Å². The summed E-state index contributed by atoms with van der Waals surface area (Å²) in [6.45, 7) is 5.98. The minimum atomic E-state index is -0.978. The second kappa shape index (κ2) is 6.12. The van der Waals surface area contributed by atoms with E-state index in [4.69, 9.17) is 5.11 Å². The fraction of sp³-hybridized carbons (Fsp3) is 0.417. The molecule has 1 rings (SSSR count). The number of amides is 1. The third-order valence-electron chi connectivity index (χ3n) is 2.40. The van der Waals surface area contributed by atoms with Crippen molar-refractivity contribution in [3.8, 4) is 0 Å². The maximum Gasteiger partial charge on any atom is 0.404 e. The van der Waals surface area contributed by atoms with E-state index in [0.29, 0.717) is 13.1 Å². The van der Waals surface area contributed by atoms with Gasteiger partial charge in [-0.3, -0.25) is 0 Å². The predicted molar refractivity (Wildman–Crippen MR) is 63.7 cm³/mol. The molecular formula is C12H18N2O2. The van der Waals surface area contributed by atoms with Crippen molar-refractivity contribution in [2.24, 2.45) is 0 Å². The standard InChI is InChI=1S/C12H18N2O2/c1-9-3-4-10(2)11(7-9)8-13-5-6-14-12(15)16/h3-4,7,13-14H,5-6,8H2,1-2H3,(H,15,16). The molecule has 16 heavy (non-hydrogen) atoms. The summed E-state index contributed by atoms with van der Waals surface area (Å²) < 4.78 is 0. The van der Waals surface area contributed by atoms with Gasteiger partial charge in [0.05, 0.1) is 0 Å². The number of carboxylic acid groups (broad SMARTS) is 1. The van der Waals surface area contributed by atoms with E-state index in [1.54, 1.807) is 0 Å². The highest BCUT2D eigenvalue weighted by Gasteiger charge is 1.98. The maximum absolute atomic E-state index is 10.2. The van der Waals surface area contributed by atoms with Gasteiger partial charge in [-0.05, 0) is 25.0 Å². The fourth-order valence-electron chi connectivity index (χ4n) is 1.47. The van der Waals surface area contributed by atoms with Crippen molar-refractivity contribution in [1.29, 1.82) is 0 Å². The quantitative estimate of drug-likeness (QED) is 0.664. The molecule has 0 aliphatic rings. The van der Waals surface area contributed by atoms with Gasteiger partial charge in [0.15, 0.2) is 0 Å². The molecule has 0 aliphatic heterocycles. The molecule has 1 aromatic carbocycles. The third-order valence-corrected chi connectivity index (χ3v) is 2.40. The number of hydrogen-bond acceptors (Lipinski definition) is 2. The van der Waals surface area contributed by atoms with Gasteiger partial charge in [0.25, 0.3) is 0 Å². The molecule has 0 spiro atoms. The first-order valence-electron chi connectivity index (χ1n) is 5.33. The predicted octanol–water partition coefficient (Wildman–Crippen LogP) is 1.66. The topological polar surface area (TPSA) is 61.4 Å². The summed E-state index contributed by atoms with van der Waals surface area (Å²) in [6.07, 6.45) is -0.978. The summed E-state index contributed by atoms with van der Waals surface area (Å²) >= 11 is 0. The van der Waals surface area contributed by atoms with Crippen LogP contribution in [-0.4, -0.2) is 24.3 Å². The van der Waals surface area contributed by atoms with E-state index >= 15 is 0 Å². The number of carbonyl (C=O) groups is 1. The van der Waals surface area contributed by atoms with Crippen molar-refractivity contribution in [3.05, 3.63) is 34.9 Å². The SMILES string of the molecule is Cc1ccc(C)c(CNCCNC(=O)O)c1. The van der Waals surface area contributed by atoms with Crippen molar-refractivity contribution in [1.82, 2.24) is 10.6 Å². The van der Waals surface area contributed by atoms with Crippen molar-refractivity contribution in [3.63, 3.8) is 0 Å². The van der Waals surface area contributed by atoms with Gasteiger partial charge in [-0.1, -0.05) is 23.8 Å². The normalized spacial score (nSPS) is 10.1. The molecule has 4 nitrogen and oxygen atoms in total. The maximum atomic E-state index is 10.2. The van der Waals surface area contributed by atoms with Gasteiger partial charge < -0.3 is 15.7 Å². The Bertz CT molecular complexity index is 364. The summed E-state index contributed by atoms with van der Waals surface area (Å²) in [5.41, 5.74) is 3.76. The van der Waals surface area contributed by atoms with Gasteiger partial charge in [-0.25, -0.2) is 4.79 Å². The molecule has 1 amide bonds. The van der Waals surface area contributed by atoms with Gasteiger partial charge >= 0.3 is 6.09 Å². The molecule has 3 N–H and O–H groups in total. The third kappa shape index (κ3) is 4.31. The molecule has 0 fully saturated rings. The van der Waals surface area contributed by atoms with E-state index in [0.717, 1.165) is 6.54 Å². The lowest BCUT2D eigenvalue weighted by molar-refractivity contribution is 0.194. The molecule has 0 saturated carbocycles. The molecule has 0 aliphatic carbocycles. The van der Waals surface area contributed by atoms with Crippen LogP contribution in [0.3, 0.4) is 0 Å². The summed E-state index contributed by atoms with van der Waals surface area (Å²) in [4.78, 5) is 10.2. The minimum absolute atomic E-state index is 0.431. The van der Waals surface area contributed by atoms with E-state index in [-0.39, 0.29) is 0 Å². The lowest BCUT2D eigenvalue weighted by atomic mass is 10.1. The highest BCUT2D eigenvalue weighted by molar-refractivity contribution is 5.64. The zero-order chi connectivity index (χ0) is 12.0. The second-order valence-corrected chi connectivity index (χ2v) is 3.84. The van der Waals surface area contributed by atoms with E-state index < -0.39 is 6.09 Å². The van der Waals surface area contributed by atoms with E-state index in [9.17, 15) is 4.79 Å². The molecule has 0 aromatic heterocycles. The Kier molecular flexibility index (Phi) is 4.79. The largest absolute Gasteiger partial charge is 0.465 e. The first-order valence-corrected chi connectivity index (χ1v) is 5.33. The number of hydrogen-bond donors (Lipinski definition) is 3. The van der Waals surface area contributed by atoms with E-state index in [1.807, 2.05) is 0 Å². The van der Waals surface area contributed by atoms with Crippen LogP contribution in [0.5, 0.6) is 0 Å². The lowest BCUT2D eigenvalue weighted by Gasteiger charge is -2.08. The van der Waals surface area contributed by atoms with Crippen LogP contribution in [0.15, 0.2) is 18.2 Å². The van der Waals surface area contributed by atoms with Crippen LogP contribution in [0.25, 0.3) is 0 Å². The Hall–Kier alpha value is -1.55. The van der Waals surface area contributed by atoms with Gasteiger partial charge in [0.2, 0.25) is 0 Å². The van der Waals surface area contributed by atoms with Crippen LogP contribution in [-0.2, 0) is 6.54 Å². The molecular weight excluding hydrogens is 204 g/mol. The molecule has 1 aromatic rings. The Morgan fingerprint density at radius 2 is 2.06 bits per heavy atom. The summed E-state index contributed by atoms with van der Waals surface area (Å²) in [6, 6.07) is 6.33. The Morgan fingerprint density at radius 1 is 1.31 bits per heavy atom. The first-order chi connectivity index (χ1) is 7.59. The summed E-state index contributed by atoms with van der Waals surface area (Å²) in [7, 11) is 0. The minimum Gasteiger partial charge on any atom is -0.465 e. The Morgan fingerprint density at radius 3 is 2.75 bits per heavy atom.